The largest absolute Gasteiger partial charge is 0.492 e. The first-order valence-electron chi connectivity index (χ1n) is 10.7. The average Bonchev–Trinajstić information content (AvgIpc) is 2.66. The molecule has 8 nitrogen and oxygen atoms in total. The molecule has 9 heteroatoms. The highest BCUT2D eigenvalue weighted by Gasteiger charge is 2.17. The van der Waals surface area contributed by atoms with Crippen LogP contribution in [0, 0.1) is 0 Å². The molecule has 180 valence electrons. The Labute approximate surface area is 199 Å². The first-order valence-corrected chi connectivity index (χ1v) is 11.5. The zero-order valence-electron chi connectivity index (χ0n) is 19.9. The highest BCUT2D eigenvalue weighted by Crippen LogP contribution is 2.31. The van der Waals surface area contributed by atoms with Crippen LogP contribution in [0.1, 0.15) is 59.9 Å². The number of amides is 3. The van der Waals surface area contributed by atoms with E-state index in [-0.39, 0.29) is 30.3 Å². The van der Waals surface area contributed by atoms with Crippen molar-refractivity contribution in [2.45, 2.75) is 65.4 Å². The van der Waals surface area contributed by atoms with Gasteiger partial charge in [-0.05, 0) is 66.2 Å². The summed E-state index contributed by atoms with van der Waals surface area (Å²) in [6.45, 7) is 12.5. The van der Waals surface area contributed by atoms with E-state index in [0.717, 1.165) is 10.2 Å². The van der Waals surface area contributed by atoms with Crippen molar-refractivity contribution in [3.05, 3.63) is 28.2 Å². The first-order chi connectivity index (χ1) is 14.8. The molecule has 0 spiro atoms. The van der Waals surface area contributed by atoms with Gasteiger partial charge in [-0.1, -0.05) is 26.8 Å². The molecule has 0 atom stereocenters. The van der Waals surface area contributed by atoms with Gasteiger partial charge in [0.05, 0.1) is 17.6 Å². The van der Waals surface area contributed by atoms with Crippen molar-refractivity contribution in [2.24, 2.45) is 0 Å². The molecule has 0 bridgehead atoms. The maximum absolute atomic E-state index is 11.9. The number of nitrogens with one attached hydrogen (secondary N) is 3. The number of hydrogen-bond donors (Lipinski definition) is 3. The molecule has 0 saturated heterocycles. The summed E-state index contributed by atoms with van der Waals surface area (Å²) in [5, 5.41) is 7.72. The van der Waals surface area contributed by atoms with Crippen LogP contribution < -0.4 is 20.7 Å². The topological polar surface area (TPSA) is 106 Å². The molecule has 0 heterocycles. The molecule has 0 saturated carbocycles. The molecule has 0 aliphatic carbocycles. The Morgan fingerprint density at radius 1 is 0.938 bits per heavy atom. The molecular weight excluding hydrogens is 478 g/mol. The standard InChI is InChI=1S/C23H36BrN3O5/c1-22(2,3)16-9-10-18(17(24)14-16)31-13-7-8-19(28)25-11-12-26-20(29)15-27-21(30)32-23(4,5)6/h9-10,14H,7-8,11-13,15H2,1-6H3,(H,25,28)(H,26,29)(H,27,30). The minimum absolute atomic E-state index is 0.0627. The fraction of sp³-hybridized carbons (Fsp3) is 0.609. The van der Waals surface area contributed by atoms with Crippen LogP contribution in [0.25, 0.3) is 0 Å². The van der Waals surface area contributed by atoms with Crippen molar-refractivity contribution in [1.29, 1.82) is 0 Å². The Morgan fingerprint density at radius 2 is 1.56 bits per heavy atom. The van der Waals surface area contributed by atoms with Crippen LogP contribution in [0.2, 0.25) is 0 Å². The van der Waals surface area contributed by atoms with E-state index in [0.29, 0.717) is 26.0 Å². The van der Waals surface area contributed by atoms with E-state index in [1.165, 1.54) is 5.56 Å². The minimum atomic E-state index is -0.652. The van der Waals surface area contributed by atoms with Gasteiger partial charge >= 0.3 is 6.09 Å². The Bertz CT molecular complexity index is 785. The molecule has 3 N–H and O–H groups in total. The third-order valence-electron chi connectivity index (χ3n) is 4.17. The van der Waals surface area contributed by atoms with Gasteiger partial charge in [0.15, 0.2) is 0 Å². The lowest BCUT2D eigenvalue weighted by molar-refractivity contribution is -0.122. The van der Waals surface area contributed by atoms with E-state index in [1.807, 2.05) is 12.1 Å². The van der Waals surface area contributed by atoms with Crippen LogP contribution in [-0.4, -0.2) is 49.7 Å². The maximum Gasteiger partial charge on any atom is 0.408 e. The summed E-state index contributed by atoms with van der Waals surface area (Å²) < 4.78 is 11.7. The summed E-state index contributed by atoms with van der Waals surface area (Å²) in [6, 6.07) is 6.04. The number of halogens is 1. The van der Waals surface area contributed by atoms with Gasteiger partial charge in [0.1, 0.15) is 11.4 Å². The molecule has 0 fully saturated rings. The van der Waals surface area contributed by atoms with Gasteiger partial charge in [0.2, 0.25) is 11.8 Å². The number of hydrogen-bond acceptors (Lipinski definition) is 5. The quantitative estimate of drug-likeness (QED) is 0.414. The van der Waals surface area contributed by atoms with Gasteiger partial charge in [-0.15, -0.1) is 0 Å². The van der Waals surface area contributed by atoms with Gasteiger partial charge in [-0.2, -0.15) is 0 Å². The van der Waals surface area contributed by atoms with Gasteiger partial charge in [-0.25, -0.2) is 4.79 Å². The summed E-state index contributed by atoms with van der Waals surface area (Å²) >= 11 is 3.54. The second-order valence-corrected chi connectivity index (χ2v) is 10.3. The summed E-state index contributed by atoms with van der Waals surface area (Å²) in [7, 11) is 0. The Balaban J connectivity index is 2.15. The van der Waals surface area contributed by atoms with Crippen LogP contribution in [0.5, 0.6) is 5.75 Å². The van der Waals surface area contributed by atoms with E-state index in [2.05, 4.69) is 58.7 Å². The zero-order valence-corrected chi connectivity index (χ0v) is 21.5. The summed E-state index contributed by atoms with van der Waals surface area (Å²) in [6.07, 6.45) is 0.248. The molecule has 0 aliphatic rings. The Morgan fingerprint density at radius 3 is 2.12 bits per heavy atom. The molecule has 0 aliphatic heterocycles. The number of rotatable bonds is 10. The van der Waals surface area contributed by atoms with Gasteiger partial charge in [-0.3, -0.25) is 9.59 Å². The SMILES string of the molecule is CC(C)(C)OC(=O)NCC(=O)NCCNC(=O)CCCOc1ccc(C(C)(C)C)cc1Br. The number of alkyl carbamates (subject to hydrolysis) is 1. The number of benzene rings is 1. The van der Waals surface area contributed by atoms with Crippen molar-refractivity contribution in [2.75, 3.05) is 26.2 Å². The second kappa shape index (κ2) is 12.7. The summed E-state index contributed by atoms with van der Waals surface area (Å²) in [4.78, 5) is 35.1. The van der Waals surface area contributed by atoms with Crippen molar-refractivity contribution in [3.63, 3.8) is 0 Å². The monoisotopic (exact) mass is 513 g/mol. The van der Waals surface area contributed by atoms with Crippen molar-refractivity contribution < 1.29 is 23.9 Å². The van der Waals surface area contributed by atoms with Crippen molar-refractivity contribution in [3.8, 4) is 5.75 Å². The van der Waals surface area contributed by atoms with Gasteiger partial charge in [0, 0.05) is 19.5 Å². The Kier molecular flexibility index (Phi) is 11.0. The molecule has 1 aromatic rings. The van der Waals surface area contributed by atoms with Gasteiger partial charge < -0.3 is 25.4 Å². The third-order valence-corrected chi connectivity index (χ3v) is 4.78. The summed E-state index contributed by atoms with van der Waals surface area (Å²) in [5.41, 5.74) is 0.653. The lowest BCUT2D eigenvalue weighted by Crippen LogP contribution is -2.42. The van der Waals surface area contributed by atoms with E-state index < -0.39 is 11.7 Å². The van der Waals surface area contributed by atoms with Crippen molar-refractivity contribution >= 4 is 33.8 Å². The van der Waals surface area contributed by atoms with Gasteiger partial charge in [0.25, 0.3) is 0 Å². The Hall–Kier alpha value is -2.29. The summed E-state index contributed by atoms with van der Waals surface area (Å²) in [5.74, 6) is 0.277. The van der Waals surface area contributed by atoms with E-state index in [9.17, 15) is 14.4 Å². The normalized spacial score (nSPS) is 11.5. The van der Waals surface area contributed by atoms with Crippen LogP contribution in [0.4, 0.5) is 4.79 Å². The number of carbonyl (C=O) groups excluding carboxylic acids is 3. The maximum atomic E-state index is 11.9. The molecule has 0 unspecified atom stereocenters. The van der Waals surface area contributed by atoms with Crippen LogP contribution in [-0.2, 0) is 19.7 Å². The molecule has 1 rings (SSSR count). The number of carbonyl (C=O) groups is 3. The predicted octanol–water partition coefficient (Wildman–Crippen LogP) is 3.66. The number of ether oxygens (including phenoxy) is 2. The lowest BCUT2D eigenvalue weighted by Gasteiger charge is -2.20. The van der Waals surface area contributed by atoms with E-state index in [4.69, 9.17) is 9.47 Å². The predicted molar refractivity (Wildman–Crippen MR) is 128 cm³/mol. The molecule has 3 amide bonds. The van der Waals surface area contributed by atoms with Crippen LogP contribution in [0.3, 0.4) is 0 Å². The highest BCUT2D eigenvalue weighted by atomic mass is 79.9. The fourth-order valence-corrected chi connectivity index (χ4v) is 3.01. The van der Waals surface area contributed by atoms with Crippen molar-refractivity contribution in [1.82, 2.24) is 16.0 Å². The molecular formula is C23H36BrN3O5. The average molecular weight is 514 g/mol. The first kappa shape index (κ1) is 27.7. The van der Waals surface area contributed by atoms with E-state index in [1.54, 1.807) is 20.8 Å². The lowest BCUT2D eigenvalue weighted by atomic mass is 9.87. The zero-order chi connectivity index (χ0) is 24.4. The van der Waals surface area contributed by atoms with Crippen LogP contribution in [0.15, 0.2) is 22.7 Å². The third kappa shape index (κ3) is 11.9. The molecule has 0 radical (unpaired) electrons. The molecule has 0 aromatic heterocycles. The molecule has 1 aromatic carbocycles. The highest BCUT2D eigenvalue weighted by molar-refractivity contribution is 9.10. The fourth-order valence-electron chi connectivity index (χ4n) is 2.52. The second-order valence-electron chi connectivity index (χ2n) is 9.40. The van der Waals surface area contributed by atoms with E-state index >= 15 is 0 Å². The van der Waals surface area contributed by atoms with Crippen LogP contribution >= 0.6 is 15.9 Å². The molecule has 32 heavy (non-hydrogen) atoms. The smallest absolute Gasteiger partial charge is 0.408 e. The minimum Gasteiger partial charge on any atom is -0.492 e.